The molecule has 0 spiro atoms. The van der Waals surface area contributed by atoms with Gasteiger partial charge in [0, 0.05) is 22.6 Å². The number of aliphatic hydroxyl groups excluding tert-OH is 1. The van der Waals surface area contributed by atoms with Gasteiger partial charge in [0.25, 0.3) is 0 Å². The fraction of sp³-hybridized carbons (Fsp3) is 0.750. The van der Waals surface area contributed by atoms with Crippen LogP contribution in [0.4, 0.5) is 0 Å². The van der Waals surface area contributed by atoms with Gasteiger partial charge in [0.05, 0.1) is 12.2 Å². The Balaban J connectivity index is 1.94. The average Bonchev–Trinajstić information content (AvgIpc) is 2.90. The molecule has 138 valence electrons. The van der Waals surface area contributed by atoms with Crippen molar-refractivity contribution >= 4 is 21.7 Å². The van der Waals surface area contributed by atoms with E-state index in [0.29, 0.717) is 11.1 Å². The van der Waals surface area contributed by atoms with Gasteiger partial charge in [0.15, 0.2) is 11.4 Å². The van der Waals surface area contributed by atoms with E-state index in [1.807, 2.05) is 13.0 Å². The average molecular weight is 411 g/mol. The lowest BCUT2D eigenvalue weighted by atomic mass is 9.63. The molecule has 2 fully saturated rings. The molecule has 4 aliphatic carbocycles. The molecule has 4 rings (SSSR count). The van der Waals surface area contributed by atoms with Gasteiger partial charge in [-0.05, 0) is 34.8 Å². The minimum atomic E-state index is -1.70. The number of fused-ring (bicyclic) bond motifs is 5. The van der Waals surface area contributed by atoms with Gasteiger partial charge in [-0.3, -0.25) is 4.79 Å². The number of aliphatic hydroxyl groups is 3. The van der Waals surface area contributed by atoms with Crippen LogP contribution in [0.1, 0.15) is 40.5 Å². The van der Waals surface area contributed by atoms with Gasteiger partial charge in [-0.15, -0.1) is 0 Å². The standard InChI is InChI=1S/C20H27BrO4/c1-10-5-14-18(24,16(10)23)8-12(9-22)6-13-15-17(3,4)19(15,21)7-11(2)20(13,14)25/h5-6,10-11,13,15,22,24-25H,7-9H2,1-4H3/t10?,11-,13+,15-,18-,19+,20-/m1/s1. The van der Waals surface area contributed by atoms with Gasteiger partial charge in [-0.2, -0.15) is 0 Å². The number of allylic oxidation sites excluding steroid dienone is 1. The summed E-state index contributed by atoms with van der Waals surface area (Å²) >= 11 is 3.94. The van der Waals surface area contributed by atoms with E-state index in [4.69, 9.17) is 0 Å². The highest BCUT2D eigenvalue weighted by atomic mass is 79.9. The van der Waals surface area contributed by atoms with Gasteiger partial charge in [0.1, 0.15) is 0 Å². The Labute approximate surface area is 157 Å². The highest BCUT2D eigenvalue weighted by Gasteiger charge is 2.79. The van der Waals surface area contributed by atoms with Crippen LogP contribution in [0.3, 0.4) is 0 Å². The first-order valence-electron chi connectivity index (χ1n) is 9.15. The summed E-state index contributed by atoms with van der Waals surface area (Å²) in [6.07, 6.45) is 4.58. The largest absolute Gasteiger partial charge is 0.392 e. The molecule has 0 aliphatic heterocycles. The van der Waals surface area contributed by atoms with Crippen LogP contribution in [0.2, 0.25) is 0 Å². The summed E-state index contributed by atoms with van der Waals surface area (Å²) in [5.74, 6) is -0.838. The molecule has 0 aromatic rings. The number of hydrogen-bond acceptors (Lipinski definition) is 4. The van der Waals surface area contributed by atoms with E-state index in [-0.39, 0.29) is 46.3 Å². The van der Waals surface area contributed by atoms with E-state index in [0.717, 1.165) is 6.42 Å². The summed E-state index contributed by atoms with van der Waals surface area (Å²) in [6.45, 7) is 7.97. The molecule has 0 bridgehead atoms. The number of carbonyl (C=O) groups excluding carboxylic acids is 1. The molecule has 2 saturated carbocycles. The minimum absolute atomic E-state index is 0.00468. The lowest BCUT2D eigenvalue weighted by Gasteiger charge is -2.47. The van der Waals surface area contributed by atoms with Crippen molar-refractivity contribution in [3.8, 4) is 0 Å². The molecule has 7 atom stereocenters. The maximum Gasteiger partial charge on any atom is 0.175 e. The third kappa shape index (κ3) is 1.86. The number of hydrogen-bond donors (Lipinski definition) is 3. The first-order chi connectivity index (χ1) is 11.4. The van der Waals surface area contributed by atoms with Crippen LogP contribution in [-0.4, -0.2) is 43.2 Å². The van der Waals surface area contributed by atoms with E-state index in [9.17, 15) is 20.1 Å². The Hall–Kier alpha value is -0.490. The van der Waals surface area contributed by atoms with Gasteiger partial charge in [-0.25, -0.2) is 0 Å². The molecular weight excluding hydrogens is 384 g/mol. The van der Waals surface area contributed by atoms with Crippen molar-refractivity contribution in [2.45, 2.75) is 56.1 Å². The maximum absolute atomic E-state index is 12.7. The Morgan fingerprint density at radius 3 is 2.48 bits per heavy atom. The Kier molecular flexibility index (Phi) is 3.48. The monoisotopic (exact) mass is 410 g/mol. The summed E-state index contributed by atoms with van der Waals surface area (Å²) in [5, 5.41) is 33.1. The third-order valence-electron chi connectivity index (χ3n) is 7.70. The zero-order valence-electron chi connectivity index (χ0n) is 15.2. The summed E-state index contributed by atoms with van der Waals surface area (Å²) in [7, 11) is 0. The van der Waals surface area contributed by atoms with Gasteiger partial charge in [-0.1, -0.05) is 55.8 Å². The van der Waals surface area contributed by atoms with Crippen molar-refractivity contribution in [1.29, 1.82) is 0 Å². The Morgan fingerprint density at radius 1 is 1.24 bits per heavy atom. The van der Waals surface area contributed by atoms with Crippen molar-refractivity contribution in [1.82, 2.24) is 0 Å². The molecule has 0 radical (unpaired) electrons. The first kappa shape index (κ1) is 17.9. The number of carbonyl (C=O) groups is 1. The number of rotatable bonds is 1. The van der Waals surface area contributed by atoms with Crippen LogP contribution in [-0.2, 0) is 4.79 Å². The molecule has 0 aromatic carbocycles. The van der Waals surface area contributed by atoms with Gasteiger partial charge >= 0.3 is 0 Å². The lowest BCUT2D eigenvalue weighted by Crippen LogP contribution is -2.56. The van der Waals surface area contributed by atoms with E-state index in [1.54, 1.807) is 13.0 Å². The van der Waals surface area contributed by atoms with Crippen molar-refractivity contribution in [2.24, 2.45) is 29.1 Å². The fourth-order valence-corrected chi connectivity index (χ4v) is 7.66. The molecule has 1 unspecified atom stereocenters. The van der Waals surface area contributed by atoms with Crippen LogP contribution in [0.25, 0.3) is 0 Å². The highest BCUT2D eigenvalue weighted by Crippen LogP contribution is 2.78. The summed E-state index contributed by atoms with van der Waals surface area (Å²) < 4.78 is -0.0510. The number of ketones is 1. The molecule has 0 aromatic heterocycles. The minimum Gasteiger partial charge on any atom is -0.392 e. The molecule has 5 heteroatoms. The fourth-order valence-electron chi connectivity index (χ4n) is 6.19. The number of alkyl halides is 1. The molecule has 25 heavy (non-hydrogen) atoms. The summed E-state index contributed by atoms with van der Waals surface area (Å²) in [6, 6.07) is 0. The van der Waals surface area contributed by atoms with Crippen molar-refractivity contribution in [3.63, 3.8) is 0 Å². The molecule has 0 amide bonds. The lowest BCUT2D eigenvalue weighted by molar-refractivity contribution is -0.138. The molecule has 3 N–H and O–H groups in total. The van der Waals surface area contributed by atoms with Gasteiger partial charge in [0.2, 0.25) is 0 Å². The second-order valence-electron chi connectivity index (χ2n) is 9.27. The topological polar surface area (TPSA) is 77.8 Å². The van der Waals surface area contributed by atoms with E-state index in [2.05, 4.69) is 29.8 Å². The second kappa shape index (κ2) is 4.86. The normalized spacial score (nSPS) is 53.2. The zero-order valence-corrected chi connectivity index (χ0v) is 16.8. The first-order valence-corrected chi connectivity index (χ1v) is 9.95. The zero-order chi connectivity index (χ0) is 18.6. The molecule has 0 heterocycles. The number of halogens is 1. The maximum atomic E-state index is 12.7. The highest BCUT2D eigenvalue weighted by molar-refractivity contribution is 9.10. The molecule has 4 aliphatic rings. The summed E-state index contributed by atoms with van der Waals surface area (Å²) in [5.41, 5.74) is -1.85. The van der Waals surface area contributed by atoms with Gasteiger partial charge < -0.3 is 15.3 Å². The smallest absolute Gasteiger partial charge is 0.175 e. The third-order valence-corrected chi connectivity index (χ3v) is 9.54. The van der Waals surface area contributed by atoms with Crippen LogP contribution < -0.4 is 0 Å². The van der Waals surface area contributed by atoms with Crippen LogP contribution in [0.5, 0.6) is 0 Å². The predicted octanol–water partition coefficient (Wildman–Crippen LogP) is 2.36. The predicted molar refractivity (Wildman–Crippen MR) is 98.1 cm³/mol. The SMILES string of the molecule is CC1C=C2[C@](O)(CC(CO)=C[C@H]3[C@@H]4C(C)(C)[C@]4(Br)C[C@@H](C)[C@]23O)C1=O. The Bertz CT molecular complexity index is 725. The van der Waals surface area contributed by atoms with Crippen LogP contribution in [0, 0.1) is 29.1 Å². The van der Waals surface area contributed by atoms with Crippen LogP contribution >= 0.6 is 15.9 Å². The quantitative estimate of drug-likeness (QED) is 0.457. The second-order valence-corrected chi connectivity index (χ2v) is 10.7. The van der Waals surface area contributed by atoms with Crippen molar-refractivity contribution in [2.75, 3.05) is 6.61 Å². The Morgan fingerprint density at radius 2 is 1.88 bits per heavy atom. The molecule has 4 nitrogen and oxygen atoms in total. The number of Topliss-reactive ketones (excluding diaryl/α,β-unsaturated/α-hetero) is 1. The summed E-state index contributed by atoms with van der Waals surface area (Å²) in [4.78, 5) is 12.7. The van der Waals surface area contributed by atoms with E-state index < -0.39 is 17.1 Å². The molecule has 0 saturated heterocycles. The van der Waals surface area contributed by atoms with Crippen molar-refractivity contribution in [3.05, 3.63) is 23.3 Å². The molecular formula is C20H27BrO4. The van der Waals surface area contributed by atoms with Crippen LogP contribution in [0.15, 0.2) is 23.3 Å². The van der Waals surface area contributed by atoms with E-state index in [1.165, 1.54) is 0 Å². The van der Waals surface area contributed by atoms with Crippen molar-refractivity contribution < 1.29 is 20.1 Å². The van der Waals surface area contributed by atoms with E-state index >= 15 is 0 Å².